The summed E-state index contributed by atoms with van der Waals surface area (Å²) in [6.45, 7) is 1.70. The molecule has 0 aliphatic heterocycles. The first kappa shape index (κ1) is 16.7. The molecule has 0 aliphatic rings. The number of nitrogens with zero attached hydrogens (tertiary/aromatic N) is 2. The van der Waals surface area contributed by atoms with Crippen LogP contribution >= 0.6 is 0 Å². The molecule has 7 nitrogen and oxygen atoms in total. The zero-order valence-electron chi connectivity index (χ0n) is 14.5. The number of hydrogen-bond donors (Lipinski definition) is 2. The van der Waals surface area contributed by atoms with Crippen molar-refractivity contribution in [2.24, 2.45) is 0 Å². The Balaban J connectivity index is 1.60. The number of fused-ring (bicyclic) bond motifs is 2. The molecule has 0 aliphatic carbocycles. The van der Waals surface area contributed by atoms with Crippen molar-refractivity contribution < 1.29 is 4.79 Å². The first-order valence-electron chi connectivity index (χ1n) is 8.39. The predicted molar refractivity (Wildman–Crippen MR) is 104 cm³/mol. The van der Waals surface area contributed by atoms with E-state index in [9.17, 15) is 14.4 Å². The zero-order chi connectivity index (χ0) is 19.0. The van der Waals surface area contributed by atoms with Crippen molar-refractivity contribution in [3.05, 3.63) is 81.1 Å². The summed E-state index contributed by atoms with van der Waals surface area (Å²) in [6.07, 6.45) is 1.37. The van der Waals surface area contributed by atoms with E-state index in [0.29, 0.717) is 22.1 Å². The molecule has 0 spiro atoms. The summed E-state index contributed by atoms with van der Waals surface area (Å²) in [7, 11) is 0. The molecule has 0 unspecified atom stereocenters. The molecule has 2 aromatic carbocycles. The van der Waals surface area contributed by atoms with Gasteiger partial charge in [-0.25, -0.2) is 4.98 Å². The predicted octanol–water partition coefficient (Wildman–Crippen LogP) is 2.19. The highest BCUT2D eigenvalue weighted by Gasteiger charge is 2.09. The summed E-state index contributed by atoms with van der Waals surface area (Å²) < 4.78 is 1.27. The molecule has 1 amide bonds. The van der Waals surface area contributed by atoms with Crippen molar-refractivity contribution in [1.82, 2.24) is 14.5 Å². The number of para-hydroxylation sites is 1. The lowest BCUT2D eigenvalue weighted by molar-refractivity contribution is -0.116. The summed E-state index contributed by atoms with van der Waals surface area (Å²) in [6, 6.07) is 13.8. The molecular formula is C20H16N4O3. The van der Waals surface area contributed by atoms with E-state index in [0.717, 1.165) is 10.9 Å². The van der Waals surface area contributed by atoms with Crippen LogP contribution in [0.5, 0.6) is 0 Å². The van der Waals surface area contributed by atoms with Gasteiger partial charge in [0.05, 0.1) is 22.7 Å². The lowest BCUT2D eigenvalue weighted by atomic mass is 10.1. The molecule has 0 atom stereocenters. The SMILES string of the molecule is Cc1cc(=O)[nH]c2cc(NC(=O)Cn3cnc4ccccc4c3=O)ccc12. The standard InChI is InChI=1S/C20H16N4O3/c1-12-8-18(25)23-17-9-13(6-7-14(12)17)22-19(26)10-24-11-21-16-5-3-2-4-15(16)20(24)27/h2-9,11H,10H2,1H3,(H,22,26)(H,23,25). The van der Waals surface area contributed by atoms with Gasteiger partial charge in [0.2, 0.25) is 11.5 Å². The van der Waals surface area contributed by atoms with Crippen molar-refractivity contribution in [3.8, 4) is 0 Å². The molecule has 0 bridgehead atoms. The molecule has 4 aromatic rings. The monoisotopic (exact) mass is 360 g/mol. The van der Waals surface area contributed by atoms with Crippen molar-refractivity contribution in [2.45, 2.75) is 13.5 Å². The van der Waals surface area contributed by atoms with Crippen molar-refractivity contribution in [1.29, 1.82) is 0 Å². The average molecular weight is 360 g/mol. The van der Waals surface area contributed by atoms with Crippen LogP contribution in [0.4, 0.5) is 5.69 Å². The fourth-order valence-corrected chi connectivity index (χ4v) is 3.09. The van der Waals surface area contributed by atoms with E-state index in [1.54, 1.807) is 36.4 Å². The van der Waals surface area contributed by atoms with Gasteiger partial charge in [0, 0.05) is 17.1 Å². The van der Waals surface area contributed by atoms with Gasteiger partial charge in [-0.05, 0) is 36.8 Å². The smallest absolute Gasteiger partial charge is 0.261 e. The number of carbonyl (C=O) groups is 1. The van der Waals surface area contributed by atoms with Gasteiger partial charge in [-0.15, -0.1) is 0 Å². The third-order valence-corrected chi connectivity index (χ3v) is 4.38. The van der Waals surface area contributed by atoms with Gasteiger partial charge in [0.25, 0.3) is 5.56 Å². The Bertz CT molecular complexity index is 1300. The minimum atomic E-state index is -0.358. The van der Waals surface area contributed by atoms with Gasteiger partial charge < -0.3 is 10.3 Å². The van der Waals surface area contributed by atoms with Crippen LogP contribution in [0.3, 0.4) is 0 Å². The second-order valence-corrected chi connectivity index (χ2v) is 6.32. The first-order valence-corrected chi connectivity index (χ1v) is 8.39. The third-order valence-electron chi connectivity index (χ3n) is 4.38. The van der Waals surface area contributed by atoms with E-state index in [1.807, 2.05) is 13.0 Å². The molecule has 0 fully saturated rings. The van der Waals surface area contributed by atoms with Gasteiger partial charge in [-0.2, -0.15) is 0 Å². The maximum atomic E-state index is 12.5. The summed E-state index contributed by atoms with van der Waals surface area (Å²) in [5.74, 6) is -0.358. The van der Waals surface area contributed by atoms with Gasteiger partial charge in [0.15, 0.2) is 0 Å². The highest BCUT2D eigenvalue weighted by Crippen LogP contribution is 2.19. The van der Waals surface area contributed by atoms with Crippen molar-refractivity contribution >= 4 is 33.4 Å². The number of rotatable bonds is 3. The second-order valence-electron chi connectivity index (χ2n) is 6.32. The number of hydrogen-bond acceptors (Lipinski definition) is 4. The number of aryl methyl sites for hydroxylation is 1. The van der Waals surface area contributed by atoms with E-state index in [-0.39, 0.29) is 23.6 Å². The Hall–Kier alpha value is -3.74. The molecule has 27 heavy (non-hydrogen) atoms. The lowest BCUT2D eigenvalue weighted by Gasteiger charge is -2.09. The largest absolute Gasteiger partial charge is 0.324 e. The van der Waals surface area contributed by atoms with Crippen LogP contribution in [-0.2, 0) is 11.3 Å². The highest BCUT2D eigenvalue weighted by atomic mass is 16.2. The average Bonchev–Trinajstić information content (AvgIpc) is 2.64. The Morgan fingerprint density at radius 1 is 1.11 bits per heavy atom. The number of nitrogens with one attached hydrogen (secondary N) is 2. The number of aromatic amines is 1. The Kier molecular flexibility index (Phi) is 4.04. The number of benzene rings is 2. The van der Waals surface area contributed by atoms with Crippen LogP contribution < -0.4 is 16.4 Å². The number of carbonyl (C=O) groups excluding carboxylic acids is 1. The van der Waals surface area contributed by atoms with Crippen molar-refractivity contribution in [3.63, 3.8) is 0 Å². The van der Waals surface area contributed by atoms with Crippen LogP contribution in [-0.4, -0.2) is 20.4 Å². The van der Waals surface area contributed by atoms with Crippen LogP contribution in [0.1, 0.15) is 5.56 Å². The normalized spacial score (nSPS) is 11.0. The molecule has 0 radical (unpaired) electrons. The molecule has 7 heteroatoms. The zero-order valence-corrected chi connectivity index (χ0v) is 14.5. The van der Waals surface area contributed by atoms with Crippen LogP contribution in [0.2, 0.25) is 0 Å². The van der Waals surface area contributed by atoms with E-state index < -0.39 is 0 Å². The molecule has 0 saturated heterocycles. The summed E-state index contributed by atoms with van der Waals surface area (Å²) >= 11 is 0. The molecule has 0 saturated carbocycles. The van der Waals surface area contributed by atoms with Crippen molar-refractivity contribution in [2.75, 3.05) is 5.32 Å². The quantitative estimate of drug-likeness (QED) is 0.585. The van der Waals surface area contributed by atoms with E-state index in [2.05, 4.69) is 15.3 Å². The van der Waals surface area contributed by atoms with E-state index in [4.69, 9.17) is 0 Å². The number of H-pyrrole nitrogens is 1. The molecule has 2 N–H and O–H groups in total. The van der Waals surface area contributed by atoms with Gasteiger partial charge >= 0.3 is 0 Å². The van der Waals surface area contributed by atoms with Gasteiger partial charge in [-0.1, -0.05) is 18.2 Å². The maximum Gasteiger partial charge on any atom is 0.261 e. The summed E-state index contributed by atoms with van der Waals surface area (Å²) in [5, 5.41) is 4.12. The minimum Gasteiger partial charge on any atom is -0.324 e. The molecule has 134 valence electrons. The minimum absolute atomic E-state index is 0.154. The Morgan fingerprint density at radius 3 is 2.78 bits per heavy atom. The Morgan fingerprint density at radius 2 is 1.93 bits per heavy atom. The maximum absolute atomic E-state index is 12.5. The number of aromatic nitrogens is 3. The number of anilines is 1. The highest BCUT2D eigenvalue weighted by molar-refractivity contribution is 5.94. The van der Waals surface area contributed by atoms with E-state index >= 15 is 0 Å². The third kappa shape index (κ3) is 3.22. The fourth-order valence-electron chi connectivity index (χ4n) is 3.09. The first-order chi connectivity index (χ1) is 13.0. The Labute approximate surface area is 153 Å². The molecule has 4 rings (SSSR count). The number of amides is 1. The summed E-state index contributed by atoms with van der Waals surface area (Å²) in [5.41, 5.74) is 2.16. The fraction of sp³-hybridized carbons (Fsp3) is 0.100. The van der Waals surface area contributed by atoms with Crippen LogP contribution in [0, 0.1) is 6.92 Å². The second kappa shape index (κ2) is 6.53. The van der Waals surface area contributed by atoms with Gasteiger partial charge in [-0.3, -0.25) is 19.0 Å². The lowest BCUT2D eigenvalue weighted by Crippen LogP contribution is -2.27. The molecular weight excluding hydrogens is 344 g/mol. The van der Waals surface area contributed by atoms with Crippen LogP contribution in [0.15, 0.2) is 64.4 Å². The number of pyridine rings is 1. The van der Waals surface area contributed by atoms with Crippen LogP contribution in [0.25, 0.3) is 21.8 Å². The van der Waals surface area contributed by atoms with E-state index in [1.165, 1.54) is 17.0 Å². The molecule has 2 aromatic heterocycles. The van der Waals surface area contributed by atoms with Gasteiger partial charge in [0.1, 0.15) is 6.54 Å². The summed E-state index contributed by atoms with van der Waals surface area (Å²) in [4.78, 5) is 43.4. The molecule has 2 heterocycles. The topological polar surface area (TPSA) is 96.8 Å².